The third-order valence-electron chi connectivity index (χ3n) is 2.50. The predicted molar refractivity (Wildman–Crippen MR) is 65.1 cm³/mol. The maximum Gasteiger partial charge on any atom is 0.422 e. The quantitative estimate of drug-likeness (QED) is 0.647. The molecule has 8 heteroatoms. The number of alkyl halides is 3. The monoisotopic (exact) mass is 310 g/mol. The normalized spacial score (nSPS) is 14.7. The average molecular weight is 310 g/mol. The van der Waals surface area contributed by atoms with Crippen molar-refractivity contribution in [3.05, 3.63) is 22.4 Å². The van der Waals surface area contributed by atoms with Crippen molar-refractivity contribution in [1.82, 2.24) is 0 Å². The number of hydrogen-bond acceptors (Lipinski definition) is 5. The summed E-state index contributed by atoms with van der Waals surface area (Å²) in [6.07, 6.45) is -7.02. The fourth-order valence-electron chi connectivity index (χ4n) is 1.56. The van der Waals surface area contributed by atoms with Crippen LogP contribution in [0.15, 0.2) is 17.5 Å². The van der Waals surface area contributed by atoms with E-state index in [-0.39, 0.29) is 11.5 Å². The van der Waals surface area contributed by atoms with Crippen LogP contribution in [0.1, 0.15) is 24.6 Å². The van der Waals surface area contributed by atoms with E-state index in [9.17, 15) is 27.9 Å². The molecule has 20 heavy (non-hydrogen) atoms. The lowest BCUT2D eigenvalue weighted by molar-refractivity contribution is -0.265. The van der Waals surface area contributed by atoms with Crippen LogP contribution in [0.4, 0.5) is 13.2 Å². The molecule has 0 aliphatic rings. The van der Waals surface area contributed by atoms with Gasteiger partial charge in [-0.15, -0.1) is 11.3 Å². The lowest BCUT2D eigenvalue weighted by Gasteiger charge is -2.28. The number of ketones is 1. The zero-order valence-electron chi connectivity index (χ0n) is 10.6. The van der Waals surface area contributed by atoms with Gasteiger partial charge in [-0.05, 0) is 18.4 Å². The van der Waals surface area contributed by atoms with Crippen molar-refractivity contribution in [3.63, 3.8) is 0 Å². The second kappa shape index (κ2) is 6.36. The van der Waals surface area contributed by atoms with Gasteiger partial charge in [0.1, 0.15) is 12.2 Å². The lowest BCUT2D eigenvalue weighted by Crippen LogP contribution is -2.43. The first-order valence-corrected chi connectivity index (χ1v) is 6.59. The van der Waals surface area contributed by atoms with E-state index in [4.69, 9.17) is 0 Å². The van der Waals surface area contributed by atoms with Gasteiger partial charge in [-0.3, -0.25) is 9.59 Å². The summed E-state index contributed by atoms with van der Waals surface area (Å²) in [4.78, 5) is 22.2. The first-order valence-electron chi connectivity index (χ1n) is 5.71. The van der Waals surface area contributed by atoms with Crippen LogP contribution in [-0.4, -0.2) is 29.6 Å². The molecule has 0 fully saturated rings. The molecule has 1 N–H and O–H groups in total. The molecule has 1 aromatic rings. The highest BCUT2D eigenvalue weighted by atomic mass is 32.1. The van der Waals surface area contributed by atoms with Crippen LogP contribution in [0.25, 0.3) is 0 Å². The minimum absolute atomic E-state index is 0.0283. The molecular formula is C12H13F3O4S. The molecule has 0 aromatic carbocycles. The number of esters is 1. The molecule has 4 nitrogen and oxygen atoms in total. The molecule has 1 unspecified atom stereocenters. The summed E-state index contributed by atoms with van der Waals surface area (Å²) in [7, 11) is 0. The van der Waals surface area contributed by atoms with Crippen molar-refractivity contribution in [2.45, 2.75) is 31.5 Å². The maximum atomic E-state index is 13.0. The Kier molecular flexibility index (Phi) is 5.29. The topological polar surface area (TPSA) is 63.6 Å². The molecule has 0 saturated heterocycles. The summed E-state index contributed by atoms with van der Waals surface area (Å²) >= 11 is 0.689. The minimum atomic E-state index is -5.01. The number of thiophene rings is 1. The first kappa shape index (κ1) is 16.6. The fourth-order valence-corrected chi connectivity index (χ4v) is 2.41. The standard InChI is InChI=1S/C12H13F3O4S/c1-2-19-10(17)6-8(16)7-11(18,12(13,14)15)9-4-3-5-20-9/h3-5,18H,2,6-7H2,1H3. The number of aliphatic hydroxyl groups is 1. The number of rotatable bonds is 6. The van der Waals surface area contributed by atoms with E-state index in [1.165, 1.54) is 18.4 Å². The minimum Gasteiger partial charge on any atom is -0.466 e. The number of hydrogen-bond donors (Lipinski definition) is 1. The summed E-state index contributed by atoms with van der Waals surface area (Å²) in [5, 5.41) is 11.2. The van der Waals surface area contributed by atoms with Crippen LogP contribution >= 0.6 is 11.3 Å². The highest BCUT2D eigenvalue weighted by Gasteiger charge is 2.56. The highest BCUT2D eigenvalue weighted by molar-refractivity contribution is 7.10. The summed E-state index contributed by atoms with van der Waals surface area (Å²) < 4.78 is 43.5. The third-order valence-corrected chi connectivity index (χ3v) is 3.52. The van der Waals surface area contributed by atoms with E-state index in [0.29, 0.717) is 11.3 Å². The number of Topliss-reactive ketones (excluding diaryl/α,β-unsaturated/α-hetero) is 1. The Labute approximate surface area is 117 Å². The molecule has 0 saturated carbocycles. The van der Waals surface area contributed by atoms with E-state index in [1.54, 1.807) is 0 Å². The van der Waals surface area contributed by atoms with Crippen LogP contribution in [-0.2, 0) is 19.9 Å². The van der Waals surface area contributed by atoms with Gasteiger partial charge in [0.25, 0.3) is 0 Å². The Balaban J connectivity index is 2.88. The van der Waals surface area contributed by atoms with E-state index in [0.717, 1.165) is 6.07 Å². The van der Waals surface area contributed by atoms with Gasteiger partial charge in [0, 0.05) is 11.3 Å². The van der Waals surface area contributed by atoms with Gasteiger partial charge in [-0.1, -0.05) is 6.07 Å². The van der Waals surface area contributed by atoms with Crippen LogP contribution in [0.3, 0.4) is 0 Å². The first-order chi connectivity index (χ1) is 9.20. The molecule has 1 heterocycles. The maximum absolute atomic E-state index is 13.0. The average Bonchev–Trinajstić information content (AvgIpc) is 2.80. The largest absolute Gasteiger partial charge is 0.466 e. The van der Waals surface area contributed by atoms with Crippen LogP contribution < -0.4 is 0 Å². The third kappa shape index (κ3) is 3.80. The van der Waals surface area contributed by atoms with E-state index in [2.05, 4.69) is 4.74 Å². The second-order valence-corrected chi connectivity index (χ2v) is 4.98. The Hall–Kier alpha value is -1.41. The van der Waals surface area contributed by atoms with Crippen molar-refractivity contribution in [3.8, 4) is 0 Å². The predicted octanol–water partition coefficient (Wildman–Crippen LogP) is 2.41. The molecular weight excluding hydrogens is 297 g/mol. The second-order valence-electron chi connectivity index (χ2n) is 4.03. The van der Waals surface area contributed by atoms with Crippen LogP contribution in [0.5, 0.6) is 0 Å². The van der Waals surface area contributed by atoms with Gasteiger partial charge in [0.15, 0.2) is 0 Å². The van der Waals surface area contributed by atoms with Crippen molar-refractivity contribution in [2.75, 3.05) is 6.61 Å². The van der Waals surface area contributed by atoms with E-state index >= 15 is 0 Å². The highest BCUT2D eigenvalue weighted by Crippen LogP contribution is 2.43. The lowest BCUT2D eigenvalue weighted by atomic mass is 9.93. The molecule has 1 atom stereocenters. The molecule has 0 bridgehead atoms. The van der Waals surface area contributed by atoms with Gasteiger partial charge < -0.3 is 9.84 Å². The van der Waals surface area contributed by atoms with Gasteiger partial charge in [-0.25, -0.2) is 0 Å². The summed E-state index contributed by atoms with van der Waals surface area (Å²) in [5.74, 6) is -1.94. The Bertz CT molecular complexity index is 470. The molecule has 112 valence electrons. The van der Waals surface area contributed by atoms with Crippen molar-refractivity contribution in [2.24, 2.45) is 0 Å². The molecule has 1 aromatic heterocycles. The zero-order valence-corrected chi connectivity index (χ0v) is 11.4. The van der Waals surface area contributed by atoms with Crippen LogP contribution in [0.2, 0.25) is 0 Å². The van der Waals surface area contributed by atoms with Crippen molar-refractivity contribution < 1.29 is 32.6 Å². The van der Waals surface area contributed by atoms with E-state index in [1.807, 2.05) is 0 Å². The fraction of sp³-hybridized carbons (Fsp3) is 0.500. The Morgan fingerprint density at radius 1 is 1.40 bits per heavy atom. The zero-order chi connectivity index (χ0) is 15.4. The SMILES string of the molecule is CCOC(=O)CC(=O)CC(O)(c1cccs1)C(F)(F)F. The molecule has 0 amide bonds. The number of halogens is 3. The summed E-state index contributed by atoms with van der Waals surface area (Å²) in [5.41, 5.74) is -3.27. The summed E-state index contributed by atoms with van der Waals surface area (Å²) in [6, 6.07) is 2.43. The summed E-state index contributed by atoms with van der Waals surface area (Å²) in [6.45, 7) is 1.54. The molecule has 1 rings (SSSR count). The van der Waals surface area contributed by atoms with Crippen LogP contribution in [0, 0.1) is 0 Å². The van der Waals surface area contributed by atoms with E-state index < -0.39 is 36.4 Å². The number of carbonyl (C=O) groups is 2. The van der Waals surface area contributed by atoms with Gasteiger partial charge in [0.05, 0.1) is 6.61 Å². The number of carbonyl (C=O) groups excluding carboxylic acids is 2. The number of ether oxygens (including phenoxy) is 1. The van der Waals surface area contributed by atoms with Crippen molar-refractivity contribution >= 4 is 23.1 Å². The molecule has 0 aliphatic heterocycles. The van der Waals surface area contributed by atoms with Crippen molar-refractivity contribution in [1.29, 1.82) is 0 Å². The molecule has 0 aliphatic carbocycles. The smallest absolute Gasteiger partial charge is 0.422 e. The Morgan fingerprint density at radius 2 is 2.05 bits per heavy atom. The molecule has 0 radical (unpaired) electrons. The van der Waals surface area contributed by atoms with Gasteiger partial charge in [0.2, 0.25) is 5.60 Å². The van der Waals surface area contributed by atoms with Gasteiger partial charge in [-0.2, -0.15) is 13.2 Å². The molecule has 0 spiro atoms. The Morgan fingerprint density at radius 3 is 2.50 bits per heavy atom. The van der Waals surface area contributed by atoms with Gasteiger partial charge >= 0.3 is 12.1 Å².